The van der Waals surface area contributed by atoms with Crippen molar-refractivity contribution in [3.8, 4) is 5.75 Å². The molecule has 0 atom stereocenters. The number of rotatable bonds is 5. The van der Waals surface area contributed by atoms with Crippen molar-refractivity contribution < 1.29 is 9.53 Å². The van der Waals surface area contributed by atoms with Crippen LogP contribution in [-0.4, -0.2) is 59.6 Å². The Bertz CT molecular complexity index is 695. The van der Waals surface area contributed by atoms with Gasteiger partial charge in [-0.15, -0.1) is 11.8 Å². The van der Waals surface area contributed by atoms with E-state index in [1.807, 2.05) is 36.3 Å². The van der Waals surface area contributed by atoms with Crippen molar-refractivity contribution in [1.82, 2.24) is 14.7 Å². The molecule has 0 bridgehead atoms. The van der Waals surface area contributed by atoms with Crippen LogP contribution in [0.15, 0.2) is 41.6 Å². The van der Waals surface area contributed by atoms with Crippen LogP contribution in [0, 0.1) is 0 Å². The third-order valence-electron chi connectivity index (χ3n) is 4.10. The summed E-state index contributed by atoms with van der Waals surface area (Å²) in [7, 11) is 3.57. The van der Waals surface area contributed by atoms with Crippen molar-refractivity contribution in [2.24, 2.45) is 7.05 Å². The summed E-state index contributed by atoms with van der Waals surface area (Å²) in [5, 5.41) is 4.12. The predicted octanol–water partition coefficient (Wildman–Crippen LogP) is 1.87. The lowest BCUT2D eigenvalue weighted by molar-refractivity contribution is -0.128. The van der Waals surface area contributed by atoms with Gasteiger partial charge in [0.15, 0.2) is 0 Å². The first-order chi connectivity index (χ1) is 11.7. The number of benzene rings is 1. The molecule has 0 aliphatic carbocycles. The summed E-state index contributed by atoms with van der Waals surface area (Å²) >= 11 is 1.54. The quantitative estimate of drug-likeness (QED) is 0.774. The molecule has 0 spiro atoms. The van der Waals surface area contributed by atoms with Crippen LogP contribution in [0.1, 0.15) is 0 Å². The maximum Gasteiger partial charge on any atom is 0.233 e. The number of piperazine rings is 1. The van der Waals surface area contributed by atoms with Gasteiger partial charge in [-0.3, -0.25) is 9.48 Å². The molecule has 0 saturated carbocycles. The zero-order valence-corrected chi connectivity index (χ0v) is 14.8. The van der Waals surface area contributed by atoms with Gasteiger partial charge in [0.05, 0.1) is 24.7 Å². The highest BCUT2D eigenvalue weighted by Gasteiger charge is 2.22. The van der Waals surface area contributed by atoms with Gasteiger partial charge in [0.1, 0.15) is 5.75 Å². The Morgan fingerprint density at radius 2 is 2.00 bits per heavy atom. The van der Waals surface area contributed by atoms with E-state index < -0.39 is 0 Å². The first kappa shape index (κ1) is 16.7. The fourth-order valence-corrected chi connectivity index (χ4v) is 3.62. The van der Waals surface area contributed by atoms with Gasteiger partial charge in [0.2, 0.25) is 5.91 Å². The molecule has 1 aliphatic rings. The van der Waals surface area contributed by atoms with Crippen molar-refractivity contribution in [2.75, 3.05) is 43.9 Å². The van der Waals surface area contributed by atoms with Gasteiger partial charge in [-0.05, 0) is 12.1 Å². The minimum absolute atomic E-state index is 0.184. The molecule has 3 rings (SSSR count). The fourth-order valence-electron chi connectivity index (χ4n) is 2.80. The lowest BCUT2D eigenvalue weighted by Crippen LogP contribution is -2.49. The molecule has 0 radical (unpaired) electrons. The molecule has 2 heterocycles. The maximum atomic E-state index is 12.4. The lowest BCUT2D eigenvalue weighted by atomic mass is 10.2. The fraction of sp³-hybridized carbons (Fsp3) is 0.412. The molecule has 0 N–H and O–H groups in total. The Balaban J connectivity index is 1.52. The van der Waals surface area contributed by atoms with Crippen molar-refractivity contribution in [3.63, 3.8) is 0 Å². The van der Waals surface area contributed by atoms with Gasteiger partial charge in [-0.25, -0.2) is 0 Å². The molecule has 1 aromatic carbocycles. The highest BCUT2D eigenvalue weighted by Crippen LogP contribution is 2.28. The summed E-state index contributed by atoms with van der Waals surface area (Å²) in [5.41, 5.74) is 1.09. The smallest absolute Gasteiger partial charge is 0.233 e. The van der Waals surface area contributed by atoms with Crippen LogP contribution >= 0.6 is 11.8 Å². The largest absolute Gasteiger partial charge is 0.495 e. The van der Waals surface area contributed by atoms with E-state index in [9.17, 15) is 4.79 Å². The Morgan fingerprint density at radius 1 is 1.25 bits per heavy atom. The molecule has 1 aromatic heterocycles. The predicted molar refractivity (Wildman–Crippen MR) is 95.7 cm³/mol. The summed E-state index contributed by atoms with van der Waals surface area (Å²) in [5.74, 6) is 1.52. The molecule has 1 saturated heterocycles. The maximum absolute atomic E-state index is 12.4. The average molecular weight is 346 g/mol. The highest BCUT2D eigenvalue weighted by molar-refractivity contribution is 8.00. The number of aryl methyl sites for hydroxylation is 1. The van der Waals surface area contributed by atoms with E-state index in [1.165, 1.54) is 11.8 Å². The highest BCUT2D eigenvalue weighted by atomic mass is 32.2. The van der Waals surface area contributed by atoms with E-state index in [4.69, 9.17) is 4.74 Å². The Kier molecular flexibility index (Phi) is 5.30. The second-order valence-electron chi connectivity index (χ2n) is 5.68. The Morgan fingerprint density at radius 3 is 2.67 bits per heavy atom. The van der Waals surface area contributed by atoms with E-state index in [0.717, 1.165) is 42.5 Å². The van der Waals surface area contributed by atoms with Gasteiger partial charge < -0.3 is 14.5 Å². The second kappa shape index (κ2) is 7.61. The number of nitrogens with zero attached hydrogens (tertiary/aromatic N) is 4. The van der Waals surface area contributed by atoms with Crippen LogP contribution in [0.5, 0.6) is 5.75 Å². The minimum atomic E-state index is 0.184. The van der Waals surface area contributed by atoms with Crippen LogP contribution in [0.4, 0.5) is 5.69 Å². The van der Waals surface area contributed by atoms with Gasteiger partial charge >= 0.3 is 0 Å². The molecule has 2 aromatic rings. The average Bonchev–Trinajstić information content (AvgIpc) is 3.05. The van der Waals surface area contributed by atoms with Crippen LogP contribution in [-0.2, 0) is 11.8 Å². The number of carbonyl (C=O) groups is 1. The third-order valence-corrected chi connectivity index (χ3v) is 5.04. The standard InChI is InChI=1S/C17H22N4O2S/c1-19-12-14(11-18-19)24-13-17(22)21-9-7-20(8-10-21)15-5-3-4-6-16(15)23-2/h3-6,11-12H,7-10,13H2,1-2H3. The van der Waals surface area contributed by atoms with Crippen LogP contribution in [0.2, 0.25) is 0 Å². The van der Waals surface area contributed by atoms with E-state index in [-0.39, 0.29) is 5.91 Å². The molecule has 128 valence electrons. The molecular weight excluding hydrogens is 324 g/mol. The molecule has 1 amide bonds. The van der Waals surface area contributed by atoms with Crippen molar-refractivity contribution in [3.05, 3.63) is 36.7 Å². The number of para-hydroxylation sites is 2. The topological polar surface area (TPSA) is 50.6 Å². The zero-order chi connectivity index (χ0) is 16.9. The summed E-state index contributed by atoms with van der Waals surface area (Å²) in [6.07, 6.45) is 3.72. The van der Waals surface area contributed by atoms with Crippen LogP contribution in [0.3, 0.4) is 0 Å². The molecule has 24 heavy (non-hydrogen) atoms. The van der Waals surface area contributed by atoms with Gasteiger partial charge in [-0.1, -0.05) is 12.1 Å². The van der Waals surface area contributed by atoms with E-state index >= 15 is 0 Å². The van der Waals surface area contributed by atoms with E-state index in [2.05, 4.69) is 16.1 Å². The van der Waals surface area contributed by atoms with E-state index in [1.54, 1.807) is 18.0 Å². The number of thioether (sulfide) groups is 1. The number of aromatic nitrogens is 2. The molecule has 0 unspecified atom stereocenters. The molecular formula is C17H22N4O2S. The van der Waals surface area contributed by atoms with E-state index in [0.29, 0.717) is 5.75 Å². The second-order valence-corrected chi connectivity index (χ2v) is 6.73. The zero-order valence-electron chi connectivity index (χ0n) is 14.0. The third kappa shape index (κ3) is 3.84. The minimum Gasteiger partial charge on any atom is -0.495 e. The number of amides is 1. The monoisotopic (exact) mass is 346 g/mol. The molecule has 1 fully saturated rings. The van der Waals surface area contributed by atoms with Crippen molar-refractivity contribution in [1.29, 1.82) is 0 Å². The summed E-state index contributed by atoms with van der Waals surface area (Å²) in [6, 6.07) is 8.02. The first-order valence-electron chi connectivity index (χ1n) is 7.94. The molecule has 6 nitrogen and oxygen atoms in total. The van der Waals surface area contributed by atoms with Gasteiger partial charge in [0.25, 0.3) is 0 Å². The first-order valence-corrected chi connectivity index (χ1v) is 8.93. The SMILES string of the molecule is COc1ccccc1N1CCN(C(=O)CSc2cnn(C)c2)CC1. The van der Waals surface area contributed by atoms with Crippen LogP contribution < -0.4 is 9.64 Å². The normalized spacial score (nSPS) is 14.8. The molecule has 7 heteroatoms. The van der Waals surface area contributed by atoms with Gasteiger partial charge in [0, 0.05) is 44.3 Å². The number of ether oxygens (including phenoxy) is 1. The lowest BCUT2D eigenvalue weighted by Gasteiger charge is -2.36. The number of hydrogen-bond acceptors (Lipinski definition) is 5. The number of methoxy groups -OCH3 is 1. The summed E-state index contributed by atoms with van der Waals surface area (Å²) in [4.78, 5) is 17.6. The Hall–Kier alpha value is -2.15. The Labute approximate surface area is 146 Å². The van der Waals surface area contributed by atoms with Crippen LogP contribution in [0.25, 0.3) is 0 Å². The summed E-state index contributed by atoms with van der Waals surface area (Å²) in [6.45, 7) is 3.13. The van der Waals surface area contributed by atoms with Crippen molar-refractivity contribution >= 4 is 23.4 Å². The van der Waals surface area contributed by atoms with Crippen molar-refractivity contribution in [2.45, 2.75) is 4.90 Å². The van der Waals surface area contributed by atoms with Gasteiger partial charge in [-0.2, -0.15) is 5.10 Å². The number of anilines is 1. The molecule has 1 aliphatic heterocycles. The summed E-state index contributed by atoms with van der Waals surface area (Å²) < 4.78 is 7.18. The number of carbonyl (C=O) groups excluding carboxylic acids is 1. The number of hydrogen-bond donors (Lipinski definition) is 0.